The van der Waals surface area contributed by atoms with Crippen molar-refractivity contribution in [3.05, 3.63) is 0 Å². The number of carbonyl (C=O) groups is 1. The molecule has 0 aromatic heterocycles. The molecule has 1 amide bonds. The minimum Gasteiger partial charge on any atom is -0.356 e. The van der Waals surface area contributed by atoms with E-state index in [1.54, 1.807) is 0 Å². The van der Waals surface area contributed by atoms with Gasteiger partial charge in [-0.05, 0) is 18.6 Å². The summed E-state index contributed by atoms with van der Waals surface area (Å²) in [6, 6.07) is 0. The first-order valence-corrected chi connectivity index (χ1v) is 4.32. The average Bonchev–Trinajstić information content (AvgIpc) is 1.97. The van der Waals surface area contributed by atoms with Crippen molar-refractivity contribution in [3.63, 3.8) is 0 Å². The van der Waals surface area contributed by atoms with Crippen molar-refractivity contribution in [1.82, 2.24) is 5.32 Å². The van der Waals surface area contributed by atoms with Gasteiger partial charge in [0.1, 0.15) is 0 Å². The highest BCUT2D eigenvalue weighted by atomic mass is 32.1. The first-order valence-electron chi connectivity index (χ1n) is 3.68. The molecule has 0 aromatic rings. The van der Waals surface area contributed by atoms with Crippen LogP contribution in [0.3, 0.4) is 0 Å². The molecule has 0 rings (SSSR count). The van der Waals surface area contributed by atoms with E-state index in [0.29, 0.717) is 6.42 Å². The van der Waals surface area contributed by atoms with Gasteiger partial charge in [0.15, 0.2) is 0 Å². The molecule has 1 N–H and O–H groups in total. The highest BCUT2D eigenvalue weighted by molar-refractivity contribution is 7.80. The molecule has 0 saturated heterocycles. The predicted molar refractivity (Wildman–Crippen MR) is 46.4 cm³/mol. The minimum atomic E-state index is 0.149. The molecule has 0 aliphatic heterocycles. The minimum absolute atomic E-state index is 0.149. The number of amides is 1. The lowest BCUT2D eigenvalue weighted by Gasteiger charge is -2.00. The third-order valence-corrected chi connectivity index (χ3v) is 1.45. The summed E-state index contributed by atoms with van der Waals surface area (Å²) in [5.74, 6) is 0.940. The Labute approximate surface area is 67.8 Å². The topological polar surface area (TPSA) is 29.1 Å². The Hall–Kier alpha value is -0.180. The summed E-state index contributed by atoms with van der Waals surface area (Å²) in [6.07, 6.45) is 2.49. The van der Waals surface area contributed by atoms with Gasteiger partial charge in [0.2, 0.25) is 5.91 Å². The lowest BCUT2D eigenvalue weighted by Crippen LogP contribution is -2.23. The molecule has 0 bridgehead atoms. The van der Waals surface area contributed by atoms with Crippen LogP contribution in [-0.2, 0) is 4.79 Å². The standard InChI is InChI=1S/C7H15NOS/c1-2-5-8-7(9)4-3-6-10/h10H,2-6H2,1H3,(H,8,9). The molecule has 60 valence electrons. The van der Waals surface area contributed by atoms with Crippen molar-refractivity contribution in [2.75, 3.05) is 12.3 Å². The van der Waals surface area contributed by atoms with E-state index >= 15 is 0 Å². The van der Waals surface area contributed by atoms with Gasteiger partial charge >= 0.3 is 0 Å². The Kier molecular flexibility index (Phi) is 6.81. The summed E-state index contributed by atoms with van der Waals surface area (Å²) >= 11 is 4.01. The van der Waals surface area contributed by atoms with E-state index in [9.17, 15) is 4.79 Å². The second-order valence-corrected chi connectivity index (χ2v) is 2.62. The van der Waals surface area contributed by atoms with Crippen LogP contribution in [0.5, 0.6) is 0 Å². The Morgan fingerprint density at radius 1 is 1.60 bits per heavy atom. The van der Waals surface area contributed by atoms with E-state index in [0.717, 1.165) is 25.1 Å². The molecule has 0 atom stereocenters. The van der Waals surface area contributed by atoms with E-state index in [1.807, 2.05) is 6.92 Å². The SMILES string of the molecule is CCCNC(=O)CCCS. The van der Waals surface area contributed by atoms with Gasteiger partial charge in [-0.1, -0.05) is 6.92 Å². The first-order chi connectivity index (χ1) is 4.81. The van der Waals surface area contributed by atoms with E-state index in [2.05, 4.69) is 17.9 Å². The molecule has 10 heavy (non-hydrogen) atoms. The molecule has 2 nitrogen and oxygen atoms in total. The fraction of sp³-hybridized carbons (Fsp3) is 0.857. The maximum Gasteiger partial charge on any atom is 0.220 e. The maximum absolute atomic E-state index is 10.8. The molecule has 0 heterocycles. The number of hydrogen-bond acceptors (Lipinski definition) is 2. The number of rotatable bonds is 5. The zero-order chi connectivity index (χ0) is 7.82. The van der Waals surface area contributed by atoms with Crippen LogP contribution in [0, 0.1) is 0 Å². The molecular formula is C7H15NOS. The van der Waals surface area contributed by atoms with E-state index < -0.39 is 0 Å². The van der Waals surface area contributed by atoms with Crippen LogP contribution in [0.15, 0.2) is 0 Å². The van der Waals surface area contributed by atoms with Crippen molar-refractivity contribution in [1.29, 1.82) is 0 Å². The predicted octanol–water partition coefficient (Wildman–Crippen LogP) is 1.22. The molecule has 0 radical (unpaired) electrons. The van der Waals surface area contributed by atoms with E-state index in [4.69, 9.17) is 0 Å². The van der Waals surface area contributed by atoms with E-state index in [1.165, 1.54) is 0 Å². The van der Waals surface area contributed by atoms with Crippen LogP contribution in [0.2, 0.25) is 0 Å². The van der Waals surface area contributed by atoms with Crippen LogP contribution in [0.4, 0.5) is 0 Å². The molecule has 0 aliphatic carbocycles. The van der Waals surface area contributed by atoms with Crippen LogP contribution < -0.4 is 5.32 Å². The zero-order valence-electron chi connectivity index (χ0n) is 6.39. The fourth-order valence-corrected chi connectivity index (χ4v) is 0.751. The van der Waals surface area contributed by atoms with Gasteiger partial charge in [-0.3, -0.25) is 4.79 Å². The summed E-state index contributed by atoms with van der Waals surface area (Å²) < 4.78 is 0. The van der Waals surface area contributed by atoms with Crippen molar-refractivity contribution in [2.24, 2.45) is 0 Å². The van der Waals surface area contributed by atoms with Gasteiger partial charge in [0, 0.05) is 13.0 Å². The molecular weight excluding hydrogens is 146 g/mol. The molecule has 0 fully saturated rings. The number of carbonyl (C=O) groups excluding carboxylic acids is 1. The molecule has 0 spiro atoms. The summed E-state index contributed by atoms with van der Waals surface area (Å²) in [5.41, 5.74) is 0. The van der Waals surface area contributed by atoms with Crippen LogP contribution >= 0.6 is 12.6 Å². The van der Waals surface area contributed by atoms with Gasteiger partial charge in [-0.2, -0.15) is 12.6 Å². The highest BCUT2D eigenvalue weighted by Crippen LogP contribution is 1.90. The summed E-state index contributed by atoms with van der Waals surface area (Å²) in [6.45, 7) is 2.84. The Morgan fingerprint density at radius 2 is 2.30 bits per heavy atom. The zero-order valence-corrected chi connectivity index (χ0v) is 7.29. The van der Waals surface area contributed by atoms with Gasteiger partial charge in [0.05, 0.1) is 0 Å². The number of hydrogen-bond donors (Lipinski definition) is 2. The molecule has 0 aliphatic rings. The van der Waals surface area contributed by atoms with Crippen molar-refractivity contribution in [2.45, 2.75) is 26.2 Å². The molecule has 3 heteroatoms. The molecule has 0 aromatic carbocycles. The first kappa shape index (κ1) is 9.82. The second kappa shape index (κ2) is 6.93. The summed E-state index contributed by atoms with van der Waals surface area (Å²) in [5, 5.41) is 2.79. The third kappa shape index (κ3) is 5.95. The normalized spacial score (nSPS) is 9.40. The van der Waals surface area contributed by atoms with Crippen LogP contribution in [0.1, 0.15) is 26.2 Å². The monoisotopic (exact) mass is 161 g/mol. The van der Waals surface area contributed by atoms with Gasteiger partial charge in [-0.15, -0.1) is 0 Å². The van der Waals surface area contributed by atoms with E-state index in [-0.39, 0.29) is 5.91 Å². The van der Waals surface area contributed by atoms with Crippen LogP contribution in [0.25, 0.3) is 0 Å². The molecule has 0 unspecified atom stereocenters. The smallest absolute Gasteiger partial charge is 0.220 e. The van der Waals surface area contributed by atoms with Gasteiger partial charge in [0.25, 0.3) is 0 Å². The quantitative estimate of drug-likeness (QED) is 0.583. The lowest BCUT2D eigenvalue weighted by molar-refractivity contribution is -0.121. The second-order valence-electron chi connectivity index (χ2n) is 2.18. The number of nitrogens with one attached hydrogen (secondary N) is 1. The van der Waals surface area contributed by atoms with Crippen molar-refractivity contribution >= 4 is 18.5 Å². The summed E-state index contributed by atoms with van der Waals surface area (Å²) in [4.78, 5) is 10.8. The third-order valence-electron chi connectivity index (χ3n) is 1.13. The van der Waals surface area contributed by atoms with Crippen LogP contribution in [-0.4, -0.2) is 18.2 Å². The Balaban J connectivity index is 3.09. The molecule has 0 saturated carbocycles. The highest BCUT2D eigenvalue weighted by Gasteiger charge is 1.96. The van der Waals surface area contributed by atoms with Gasteiger partial charge < -0.3 is 5.32 Å². The van der Waals surface area contributed by atoms with Crippen molar-refractivity contribution in [3.8, 4) is 0 Å². The average molecular weight is 161 g/mol. The Bertz CT molecular complexity index is 85.6. The van der Waals surface area contributed by atoms with Gasteiger partial charge in [-0.25, -0.2) is 0 Å². The van der Waals surface area contributed by atoms with Crippen molar-refractivity contribution < 1.29 is 4.79 Å². The lowest BCUT2D eigenvalue weighted by atomic mass is 10.3. The largest absolute Gasteiger partial charge is 0.356 e. The number of thiol groups is 1. The Morgan fingerprint density at radius 3 is 2.80 bits per heavy atom. The maximum atomic E-state index is 10.8. The fourth-order valence-electron chi connectivity index (χ4n) is 0.592. The summed E-state index contributed by atoms with van der Waals surface area (Å²) in [7, 11) is 0.